The van der Waals surface area contributed by atoms with Crippen molar-refractivity contribution in [2.45, 2.75) is 39.0 Å². The lowest BCUT2D eigenvalue weighted by molar-refractivity contribution is -0.145. The van der Waals surface area contributed by atoms with Crippen LogP contribution < -0.4 is 5.73 Å². The number of nitrogens with two attached hydrogens (primary N) is 1. The van der Waals surface area contributed by atoms with Crippen LogP contribution in [0.15, 0.2) is 0 Å². The van der Waals surface area contributed by atoms with Crippen molar-refractivity contribution in [2.24, 2.45) is 5.73 Å². The summed E-state index contributed by atoms with van der Waals surface area (Å²) in [5.41, 5.74) is 5.32. The average Bonchev–Trinajstić information content (AvgIpc) is 2.94. The van der Waals surface area contributed by atoms with Crippen molar-refractivity contribution in [1.29, 1.82) is 0 Å². The summed E-state index contributed by atoms with van der Waals surface area (Å²) in [4.78, 5) is 11.5. The first-order valence-corrected chi connectivity index (χ1v) is 14.4. The minimum atomic E-state index is -0.151. The number of unbranched alkanes of at least 4 members (excludes halogenated alkanes) is 3. The molecule has 0 aliphatic carbocycles. The van der Waals surface area contributed by atoms with Gasteiger partial charge in [0.1, 0.15) is 6.61 Å². The van der Waals surface area contributed by atoms with E-state index in [0.29, 0.717) is 132 Å². The van der Waals surface area contributed by atoms with E-state index in [1.165, 1.54) is 0 Å². The molecule has 0 aromatic rings. The fraction of sp³-hybridized carbons (Fsp3) is 0.963. The van der Waals surface area contributed by atoms with Gasteiger partial charge in [0.15, 0.2) is 0 Å². The highest BCUT2D eigenvalue weighted by molar-refractivity contribution is 5.69. The molecule has 2 N–H and O–H groups in total. The normalized spacial score (nSPS) is 11.3. The molecule has 0 aromatic carbocycles. The molecule has 0 radical (unpaired) electrons. The largest absolute Gasteiger partial charge is 0.463 e. The Morgan fingerprint density at radius 3 is 1.05 bits per heavy atom. The first kappa shape index (κ1) is 38.1. The summed E-state index contributed by atoms with van der Waals surface area (Å²) in [5, 5.41) is 0. The number of rotatable bonds is 34. The van der Waals surface area contributed by atoms with E-state index in [0.717, 1.165) is 25.7 Å². The molecule has 0 amide bonds. The molecule has 0 saturated carbocycles. The summed E-state index contributed by atoms with van der Waals surface area (Å²) in [5.74, 6) is -0.151. The van der Waals surface area contributed by atoms with Gasteiger partial charge in [0.2, 0.25) is 0 Å². The van der Waals surface area contributed by atoms with Gasteiger partial charge in [-0.15, -0.1) is 0 Å². The van der Waals surface area contributed by atoms with Gasteiger partial charge in [-0.1, -0.05) is 26.2 Å². The number of hydrogen-bond acceptors (Lipinski definition) is 12. The Balaban J connectivity index is 3.07. The standard InChI is InChI=1S/C27H55NO11/c1-2-3-4-5-6-27(29)39-26-25-38-24-23-37-22-21-36-20-19-35-18-17-34-16-15-33-14-13-32-12-11-31-10-9-30-8-7-28/h2-26,28H2,1H3. The Labute approximate surface area is 235 Å². The second-order valence-electron chi connectivity index (χ2n) is 8.33. The van der Waals surface area contributed by atoms with Gasteiger partial charge in [-0.25, -0.2) is 0 Å². The Bertz CT molecular complexity index is 475. The van der Waals surface area contributed by atoms with Crippen molar-refractivity contribution in [1.82, 2.24) is 0 Å². The van der Waals surface area contributed by atoms with Crippen LogP contribution in [0.5, 0.6) is 0 Å². The van der Waals surface area contributed by atoms with Crippen LogP contribution >= 0.6 is 0 Å². The number of hydrogen-bond donors (Lipinski definition) is 1. The van der Waals surface area contributed by atoms with E-state index in [9.17, 15) is 4.79 Å². The number of carbonyl (C=O) groups is 1. The van der Waals surface area contributed by atoms with Gasteiger partial charge >= 0.3 is 5.97 Å². The van der Waals surface area contributed by atoms with Crippen LogP contribution in [0.2, 0.25) is 0 Å². The summed E-state index contributed by atoms with van der Waals surface area (Å²) in [6.45, 7) is 12.0. The Morgan fingerprint density at radius 1 is 0.436 bits per heavy atom. The molecule has 0 aliphatic heterocycles. The highest BCUT2D eigenvalue weighted by atomic mass is 16.6. The van der Waals surface area contributed by atoms with Gasteiger partial charge < -0.3 is 53.1 Å². The molecule has 0 rings (SSSR count). The van der Waals surface area contributed by atoms with E-state index in [1.807, 2.05) is 0 Å². The average molecular weight is 570 g/mol. The highest BCUT2D eigenvalue weighted by Crippen LogP contribution is 2.03. The molecule has 0 aromatic heterocycles. The van der Waals surface area contributed by atoms with E-state index in [2.05, 4.69) is 6.92 Å². The zero-order chi connectivity index (χ0) is 28.3. The SMILES string of the molecule is CCCCCCC(=O)OCCOCCOCCOCCOCCOCCOCCOCCOCCOCCN. The Morgan fingerprint density at radius 2 is 0.744 bits per heavy atom. The van der Waals surface area contributed by atoms with Crippen molar-refractivity contribution in [3.8, 4) is 0 Å². The molecule has 0 saturated heterocycles. The van der Waals surface area contributed by atoms with Crippen molar-refractivity contribution in [3.05, 3.63) is 0 Å². The molecule has 12 heteroatoms. The molecule has 0 atom stereocenters. The van der Waals surface area contributed by atoms with Crippen LogP contribution in [0.4, 0.5) is 0 Å². The van der Waals surface area contributed by atoms with E-state index in [4.69, 9.17) is 53.1 Å². The van der Waals surface area contributed by atoms with Crippen LogP contribution in [-0.4, -0.2) is 138 Å². The molecule has 0 heterocycles. The molecule has 234 valence electrons. The van der Waals surface area contributed by atoms with Gasteiger partial charge in [-0.2, -0.15) is 0 Å². The van der Waals surface area contributed by atoms with Crippen LogP contribution in [-0.2, 0) is 52.2 Å². The van der Waals surface area contributed by atoms with Crippen molar-refractivity contribution < 1.29 is 52.2 Å². The summed E-state index contributed by atoms with van der Waals surface area (Å²) in [7, 11) is 0. The second-order valence-corrected chi connectivity index (χ2v) is 8.33. The van der Waals surface area contributed by atoms with Crippen molar-refractivity contribution in [2.75, 3.05) is 132 Å². The molecule has 0 bridgehead atoms. The zero-order valence-corrected chi connectivity index (χ0v) is 24.2. The third kappa shape index (κ3) is 35.0. The first-order chi connectivity index (χ1) is 19.3. The lowest BCUT2D eigenvalue weighted by atomic mass is 10.2. The zero-order valence-electron chi connectivity index (χ0n) is 24.2. The molecular weight excluding hydrogens is 514 g/mol. The molecule has 12 nitrogen and oxygen atoms in total. The minimum Gasteiger partial charge on any atom is -0.463 e. The topological polar surface area (TPSA) is 135 Å². The number of carbonyl (C=O) groups excluding carboxylic acids is 1. The lowest BCUT2D eigenvalue weighted by Gasteiger charge is -2.09. The summed E-state index contributed by atoms with van der Waals surface area (Å²) < 4.78 is 53.7. The first-order valence-electron chi connectivity index (χ1n) is 14.4. The fourth-order valence-corrected chi connectivity index (χ4v) is 2.93. The van der Waals surface area contributed by atoms with Crippen LogP contribution in [0.3, 0.4) is 0 Å². The van der Waals surface area contributed by atoms with Gasteiger partial charge in [-0.05, 0) is 6.42 Å². The summed E-state index contributed by atoms with van der Waals surface area (Å²) in [6.07, 6.45) is 4.77. The summed E-state index contributed by atoms with van der Waals surface area (Å²) in [6, 6.07) is 0. The van der Waals surface area contributed by atoms with E-state index >= 15 is 0 Å². The second kappa shape index (κ2) is 35.1. The molecule has 0 unspecified atom stereocenters. The maximum Gasteiger partial charge on any atom is 0.305 e. The fourth-order valence-electron chi connectivity index (χ4n) is 2.93. The van der Waals surface area contributed by atoms with E-state index in [1.54, 1.807) is 0 Å². The highest BCUT2D eigenvalue weighted by Gasteiger charge is 2.02. The number of ether oxygens (including phenoxy) is 10. The van der Waals surface area contributed by atoms with Gasteiger partial charge in [0.05, 0.1) is 119 Å². The summed E-state index contributed by atoms with van der Waals surface area (Å²) >= 11 is 0. The lowest BCUT2D eigenvalue weighted by Crippen LogP contribution is -2.15. The van der Waals surface area contributed by atoms with Gasteiger partial charge in [0.25, 0.3) is 0 Å². The smallest absolute Gasteiger partial charge is 0.305 e. The Hall–Kier alpha value is -0.930. The monoisotopic (exact) mass is 569 g/mol. The molecular formula is C27H55NO11. The van der Waals surface area contributed by atoms with E-state index < -0.39 is 0 Å². The van der Waals surface area contributed by atoms with Crippen LogP contribution in [0.25, 0.3) is 0 Å². The predicted molar refractivity (Wildman–Crippen MR) is 146 cm³/mol. The molecule has 39 heavy (non-hydrogen) atoms. The van der Waals surface area contributed by atoms with Crippen LogP contribution in [0, 0.1) is 0 Å². The van der Waals surface area contributed by atoms with Crippen molar-refractivity contribution >= 4 is 5.97 Å². The number of esters is 1. The van der Waals surface area contributed by atoms with Crippen molar-refractivity contribution in [3.63, 3.8) is 0 Å². The predicted octanol–water partition coefficient (Wildman–Crippen LogP) is 1.61. The third-order valence-electron chi connectivity index (χ3n) is 4.96. The van der Waals surface area contributed by atoms with Gasteiger partial charge in [-0.3, -0.25) is 4.79 Å². The molecule has 0 spiro atoms. The van der Waals surface area contributed by atoms with Gasteiger partial charge in [0, 0.05) is 13.0 Å². The van der Waals surface area contributed by atoms with Crippen LogP contribution in [0.1, 0.15) is 39.0 Å². The quantitative estimate of drug-likeness (QED) is 0.0891. The molecule has 0 fully saturated rings. The maximum absolute atomic E-state index is 11.5. The maximum atomic E-state index is 11.5. The molecule has 0 aliphatic rings. The Kier molecular flexibility index (Phi) is 34.3. The minimum absolute atomic E-state index is 0.151. The third-order valence-corrected chi connectivity index (χ3v) is 4.96. The van der Waals surface area contributed by atoms with E-state index in [-0.39, 0.29) is 12.6 Å².